The standard InChI is InChI=1S/C47H32/c1-47(2)41-25-33(35-19-13-31-11-9-27-5-3-7-29-15-23-39(35)45(31)43(27)29)17-21-37(41)38-22-18-34(26-42(38)47)36-20-14-32-12-10-28-6-4-8-30-16-24-40(36)46(32)44(28)30/h3-7,9-23,25-26H,8,24H2,1-2H3. The van der Waals surface area contributed by atoms with Crippen LogP contribution < -0.4 is 0 Å². The second-order valence-corrected chi connectivity index (χ2v) is 14.4. The van der Waals surface area contributed by atoms with Crippen molar-refractivity contribution in [1.29, 1.82) is 0 Å². The summed E-state index contributed by atoms with van der Waals surface area (Å²) in [6.07, 6.45) is 9.12. The highest BCUT2D eigenvalue weighted by Crippen LogP contribution is 2.52. The monoisotopic (exact) mass is 596 g/mol. The minimum Gasteiger partial charge on any atom is -0.0795 e. The lowest BCUT2D eigenvalue weighted by Crippen LogP contribution is -2.15. The van der Waals surface area contributed by atoms with Crippen molar-refractivity contribution < 1.29 is 0 Å². The fourth-order valence-corrected chi connectivity index (χ4v) is 9.36. The van der Waals surface area contributed by atoms with Crippen molar-refractivity contribution in [2.75, 3.05) is 0 Å². The topological polar surface area (TPSA) is 0 Å². The molecule has 0 spiro atoms. The molecule has 220 valence electrons. The fraction of sp³-hybridized carbons (Fsp3) is 0.106. The number of hydrogen-bond donors (Lipinski definition) is 0. The fourth-order valence-electron chi connectivity index (χ4n) is 9.36. The number of benzene rings is 8. The number of rotatable bonds is 2. The Kier molecular flexibility index (Phi) is 4.85. The molecule has 0 aromatic heterocycles. The van der Waals surface area contributed by atoms with Gasteiger partial charge in [-0.25, -0.2) is 0 Å². The van der Waals surface area contributed by atoms with Gasteiger partial charge in [0.1, 0.15) is 0 Å². The van der Waals surface area contributed by atoms with Gasteiger partial charge < -0.3 is 0 Å². The normalized spacial score (nSPS) is 15.5. The first-order valence-corrected chi connectivity index (χ1v) is 17.0. The lowest BCUT2D eigenvalue weighted by atomic mass is 9.78. The van der Waals surface area contributed by atoms with Gasteiger partial charge in [0, 0.05) is 5.41 Å². The van der Waals surface area contributed by atoms with Gasteiger partial charge in [0.25, 0.3) is 0 Å². The van der Waals surface area contributed by atoms with E-state index in [1.165, 1.54) is 110 Å². The Morgan fingerprint density at radius 3 is 1.87 bits per heavy atom. The first-order chi connectivity index (χ1) is 23.0. The lowest BCUT2D eigenvalue weighted by molar-refractivity contribution is 0.661. The molecule has 0 nitrogen and oxygen atoms in total. The molecule has 0 saturated carbocycles. The summed E-state index contributed by atoms with van der Waals surface area (Å²) in [5.74, 6) is 0. The maximum absolute atomic E-state index is 2.50. The molecular weight excluding hydrogens is 565 g/mol. The summed E-state index contributed by atoms with van der Waals surface area (Å²) in [6.45, 7) is 4.83. The zero-order chi connectivity index (χ0) is 31.0. The van der Waals surface area contributed by atoms with Crippen LogP contribution >= 0.6 is 0 Å². The van der Waals surface area contributed by atoms with Crippen LogP contribution in [-0.4, -0.2) is 0 Å². The molecule has 8 aromatic carbocycles. The zero-order valence-electron chi connectivity index (χ0n) is 26.6. The second-order valence-electron chi connectivity index (χ2n) is 14.4. The summed E-state index contributed by atoms with van der Waals surface area (Å²) in [4.78, 5) is 0. The summed E-state index contributed by atoms with van der Waals surface area (Å²) >= 11 is 0. The molecule has 0 unspecified atom stereocenters. The third-order valence-electron chi connectivity index (χ3n) is 11.7. The molecule has 0 N–H and O–H groups in total. The molecule has 8 aromatic rings. The van der Waals surface area contributed by atoms with E-state index in [4.69, 9.17) is 0 Å². The predicted molar refractivity (Wildman–Crippen MR) is 201 cm³/mol. The molecule has 47 heavy (non-hydrogen) atoms. The Labute approximate surface area is 274 Å². The van der Waals surface area contributed by atoms with Gasteiger partial charge in [-0.3, -0.25) is 0 Å². The Balaban J connectivity index is 1.06. The van der Waals surface area contributed by atoms with Crippen LogP contribution in [0.1, 0.15) is 48.1 Å². The van der Waals surface area contributed by atoms with Crippen LogP contribution in [0.25, 0.3) is 88.1 Å². The van der Waals surface area contributed by atoms with Gasteiger partial charge in [-0.15, -0.1) is 0 Å². The van der Waals surface area contributed by atoms with Crippen molar-refractivity contribution in [3.63, 3.8) is 0 Å². The minimum absolute atomic E-state index is 0.106. The van der Waals surface area contributed by atoms with E-state index >= 15 is 0 Å². The van der Waals surface area contributed by atoms with Gasteiger partial charge in [0.05, 0.1) is 0 Å². The molecule has 0 aliphatic heterocycles. The predicted octanol–water partition coefficient (Wildman–Crippen LogP) is 12.7. The van der Waals surface area contributed by atoms with E-state index in [1.807, 2.05) is 0 Å². The molecular formula is C47H32. The van der Waals surface area contributed by atoms with Crippen LogP contribution in [-0.2, 0) is 11.8 Å². The summed E-state index contributed by atoms with van der Waals surface area (Å²) in [7, 11) is 0. The van der Waals surface area contributed by atoms with Crippen molar-refractivity contribution in [2.45, 2.75) is 32.1 Å². The van der Waals surface area contributed by atoms with E-state index in [-0.39, 0.29) is 5.41 Å². The average molecular weight is 597 g/mol. The number of allylic oxidation sites excluding steroid dienone is 3. The summed E-state index contributed by atoms with van der Waals surface area (Å²) in [5, 5.41) is 10.8. The number of fused-ring (bicyclic) bond motifs is 3. The minimum atomic E-state index is -0.106. The van der Waals surface area contributed by atoms with Gasteiger partial charge in [-0.1, -0.05) is 135 Å². The third-order valence-corrected chi connectivity index (χ3v) is 11.7. The highest BCUT2D eigenvalue weighted by Gasteiger charge is 2.36. The van der Waals surface area contributed by atoms with E-state index < -0.39 is 0 Å². The molecule has 0 bridgehead atoms. The summed E-state index contributed by atoms with van der Waals surface area (Å²) < 4.78 is 0. The molecule has 3 aliphatic rings. The van der Waals surface area contributed by atoms with Crippen LogP contribution in [0, 0.1) is 0 Å². The largest absolute Gasteiger partial charge is 0.0795 e. The van der Waals surface area contributed by atoms with Crippen LogP contribution in [0.4, 0.5) is 0 Å². The molecule has 0 heteroatoms. The number of hydrogen-bond acceptors (Lipinski definition) is 0. The highest BCUT2D eigenvalue weighted by atomic mass is 14.4. The van der Waals surface area contributed by atoms with Gasteiger partial charge in [-0.05, 0) is 135 Å². The molecule has 0 saturated heterocycles. The van der Waals surface area contributed by atoms with Crippen LogP contribution in [0.3, 0.4) is 0 Å². The smallest absolute Gasteiger partial charge is 0.0159 e. The maximum Gasteiger partial charge on any atom is 0.0159 e. The molecule has 3 aliphatic carbocycles. The van der Waals surface area contributed by atoms with Crippen molar-refractivity contribution >= 4 is 54.7 Å². The van der Waals surface area contributed by atoms with E-state index in [9.17, 15) is 0 Å². The summed E-state index contributed by atoms with van der Waals surface area (Å²) in [5.41, 5.74) is 16.6. The van der Waals surface area contributed by atoms with Gasteiger partial charge in [-0.2, -0.15) is 0 Å². The molecule has 11 rings (SSSR count). The maximum atomic E-state index is 2.50. The zero-order valence-corrected chi connectivity index (χ0v) is 26.6. The molecule has 0 fully saturated rings. The van der Waals surface area contributed by atoms with Crippen molar-refractivity contribution in [3.8, 4) is 33.4 Å². The Morgan fingerprint density at radius 2 is 1.11 bits per heavy atom. The van der Waals surface area contributed by atoms with Crippen LogP contribution in [0.15, 0.2) is 127 Å². The third kappa shape index (κ3) is 3.33. The second kappa shape index (κ2) is 8.87. The van der Waals surface area contributed by atoms with Crippen LogP contribution in [0.5, 0.6) is 0 Å². The highest BCUT2D eigenvalue weighted by molar-refractivity contribution is 6.25. The lowest BCUT2D eigenvalue weighted by Gasteiger charge is -2.26. The van der Waals surface area contributed by atoms with E-state index in [0.29, 0.717) is 0 Å². The Hall–Kier alpha value is -5.46. The van der Waals surface area contributed by atoms with Crippen molar-refractivity contribution in [1.82, 2.24) is 0 Å². The van der Waals surface area contributed by atoms with Crippen molar-refractivity contribution in [3.05, 3.63) is 155 Å². The van der Waals surface area contributed by atoms with Gasteiger partial charge in [0.15, 0.2) is 0 Å². The Bertz CT molecular complexity index is 2730. The summed E-state index contributed by atoms with van der Waals surface area (Å²) in [6, 6.07) is 44.2. The van der Waals surface area contributed by atoms with E-state index in [2.05, 4.69) is 147 Å². The molecule has 0 radical (unpaired) electrons. The quantitative estimate of drug-likeness (QED) is 0.174. The van der Waals surface area contributed by atoms with E-state index in [0.717, 1.165) is 12.8 Å². The molecule has 0 atom stereocenters. The van der Waals surface area contributed by atoms with Gasteiger partial charge in [0.2, 0.25) is 0 Å². The first-order valence-electron chi connectivity index (χ1n) is 17.0. The van der Waals surface area contributed by atoms with Crippen molar-refractivity contribution in [2.24, 2.45) is 0 Å². The SMILES string of the molecule is CC1(C)c2cc(-c3ccc4ccc5c6c4c3CC=C6CC=C5)ccc2-c2ccc(-c3ccc4ccc5cccc6ccc3c4c56)cc21. The average Bonchev–Trinajstić information content (AvgIpc) is 3.34. The first kappa shape index (κ1) is 25.7. The van der Waals surface area contributed by atoms with Gasteiger partial charge >= 0.3 is 0 Å². The Morgan fingerprint density at radius 1 is 0.511 bits per heavy atom. The molecule has 0 amide bonds. The van der Waals surface area contributed by atoms with Crippen LogP contribution in [0.2, 0.25) is 0 Å². The molecule has 0 heterocycles. The van der Waals surface area contributed by atoms with E-state index in [1.54, 1.807) is 0 Å².